The number of anilines is 1. The zero-order valence-electron chi connectivity index (χ0n) is 19.8. The number of nitrogens with zero attached hydrogens (tertiary/aromatic N) is 2. The van der Waals surface area contributed by atoms with E-state index in [4.69, 9.17) is 11.6 Å². The molecule has 2 aromatic rings. The number of carbonyl (C=O) groups is 2. The van der Waals surface area contributed by atoms with E-state index in [2.05, 4.69) is 27.9 Å². The first-order valence-electron chi connectivity index (χ1n) is 11.0. The lowest BCUT2D eigenvalue weighted by atomic mass is 10.1. The summed E-state index contributed by atoms with van der Waals surface area (Å²) in [5.41, 5.74) is 1.05. The third kappa shape index (κ3) is 8.13. The minimum atomic E-state index is -3.76. The van der Waals surface area contributed by atoms with Crippen LogP contribution in [0, 0.1) is 9.49 Å². The Labute approximate surface area is 221 Å². The quantitative estimate of drug-likeness (QED) is 0.381. The van der Waals surface area contributed by atoms with Crippen LogP contribution in [0.1, 0.15) is 32.8 Å². The molecule has 10 heteroatoms. The van der Waals surface area contributed by atoms with Crippen molar-refractivity contribution in [2.45, 2.75) is 39.8 Å². The van der Waals surface area contributed by atoms with E-state index in [9.17, 15) is 18.0 Å². The van der Waals surface area contributed by atoms with Gasteiger partial charge in [0.25, 0.3) is 0 Å². The van der Waals surface area contributed by atoms with E-state index in [0.29, 0.717) is 29.2 Å². The highest BCUT2D eigenvalue weighted by molar-refractivity contribution is 14.1. The number of amides is 2. The van der Waals surface area contributed by atoms with Gasteiger partial charge in [-0.3, -0.25) is 13.9 Å². The summed E-state index contributed by atoms with van der Waals surface area (Å²) in [4.78, 5) is 28.0. The van der Waals surface area contributed by atoms with Crippen LogP contribution in [0.2, 0.25) is 5.02 Å². The lowest BCUT2D eigenvalue weighted by Crippen LogP contribution is -2.52. The van der Waals surface area contributed by atoms with Gasteiger partial charge in [-0.25, -0.2) is 8.42 Å². The highest BCUT2D eigenvalue weighted by Crippen LogP contribution is 2.23. The van der Waals surface area contributed by atoms with Crippen molar-refractivity contribution < 1.29 is 18.0 Å². The van der Waals surface area contributed by atoms with Crippen LogP contribution < -0.4 is 9.62 Å². The first kappa shape index (κ1) is 28.4. The van der Waals surface area contributed by atoms with E-state index in [0.717, 1.165) is 14.1 Å². The van der Waals surface area contributed by atoms with Gasteiger partial charge in [0.1, 0.15) is 12.6 Å². The third-order valence-electron chi connectivity index (χ3n) is 5.16. The molecule has 0 aromatic heterocycles. The predicted octanol–water partition coefficient (Wildman–Crippen LogP) is 4.29. The maximum atomic E-state index is 13.6. The molecule has 0 fully saturated rings. The van der Waals surface area contributed by atoms with Crippen LogP contribution in [0.3, 0.4) is 0 Å². The molecule has 0 aliphatic heterocycles. The Bertz CT molecular complexity index is 1090. The SMILES string of the molecule is CCC(C(=O)NCC(C)C)N(Cc1ccccc1Cl)C(=O)CN(c1ccc(I)cc1)S(C)(=O)=O. The Morgan fingerprint density at radius 3 is 2.24 bits per heavy atom. The van der Waals surface area contributed by atoms with Crippen molar-refractivity contribution in [3.63, 3.8) is 0 Å². The van der Waals surface area contributed by atoms with Gasteiger partial charge in [0.15, 0.2) is 0 Å². The van der Waals surface area contributed by atoms with Crippen molar-refractivity contribution in [2.75, 3.05) is 23.7 Å². The molecule has 0 aliphatic rings. The summed E-state index contributed by atoms with van der Waals surface area (Å²) in [6.07, 6.45) is 1.42. The molecule has 0 aliphatic carbocycles. The van der Waals surface area contributed by atoms with Crippen molar-refractivity contribution in [2.24, 2.45) is 5.92 Å². The van der Waals surface area contributed by atoms with Crippen LogP contribution in [0.25, 0.3) is 0 Å². The van der Waals surface area contributed by atoms with Crippen LogP contribution in [-0.4, -0.2) is 50.5 Å². The van der Waals surface area contributed by atoms with Gasteiger partial charge >= 0.3 is 0 Å². The molecule has 2 amide bonds. The Kier molecular flexibility index (Phi) is 10.6. The number of benzene rings is 2. The normalized spacial score (nSPS) is 12.3. The van der Waals surface area contributed by atoms with Crippen LogP contribution in [0.5, 0.6) is 0 Å². The molecule has 0 saturated heterocycles. The lowest BCUT2D eigenvalue weighted by Gasteiger charge is -2.33. The Morgan fingerprint density at radius 1 is 1.09 bits per heavy atom. The molecule has 2 aromatic carbocycles. The highest BCUT2D eigenvalue weighted by atomic mass is 127. The number of halogens is 2. The van der Waals surface area contributed by atoms with Crippen molar-refractivity contribution >= 4 is 61.7 Å². The average molecular weight is 620 g/mol. The Hall–Kier alpha value is -1.85. The van der Waals surface area contributed by atoms with Gasteiger partial charge in [-0.1, -0.05) is 50.6 Å². The van der Waals surface area contributed by atoms with Gasteiger partial charge in [-0.15, -0.1) is 0 Å². The first-order chi connectivity index (χ1) is 15.9. The van der Waals surface area contributed by atoms with E-state index in [1.807, 2.05) is 20.8 Å². The van der Waals surface area contributed by atoms with Crippen LogP contribution in [-0.2, 0) is 26.2 Å². The maximum absolute atomic E-state index is 13.6. The van der Waals surface area contributed by atoms with Gasteiger partial charge in [0, 0.05) is 21.7 Å². The van der Waals surface area contributed by atoms with Crippen molar-refractivity contribution in [3.05, 3.63) is 62.7 Å². The van der Waals surface area contributed by atoms with E-state index < -0.39 is 28.5 Å². The molecule has 0 radical (unpaired) electrons. The minimum absolute atomic E-state index is 0.0798. The summed E-state index contributed by atoms with van der Waals surface area (Å²) in [5, 5.41) is 3.36. The second kappa shape index (κ2) is 12.7. The van der Waals surface area contributed by atoms with Gasteiger partial charge in [-0.2, -0.15) is 0 Å². The van der Waals surface area contributed by atoms with Gasteiger partial charge in [0.05, 0.1) is 11.9 Å². The molecule has 186 valence electrons. The average Bonchev–Trinajstić information content (AvgIpc) is 2.77. The molecule has 2 rings (SSSR count). The predicted molar refractivity (Wildman–Crippen MR) is 145 cm³/mol. The highest BCUT2D eigenvalue weighted by Gasteiger charge is 2.32. The van der Waals surface area contributed by atoms with Crippen LogP contribution >= 0.6 is 34.2 Å². The van der Waals surface area contributed by atoms with Gasteiger partial charge in [0.2, 0.25) is 21.8 Å². The lowest BCUT2D eigenvalue weighted by molar-refractivity contribution is -0.140. The summed E-state index contributed by atoms with van der Waals surface area (Å²) >= 11 is 8.47. The van der Waals surface area contributed by atoms with Gasteiger partial charge in [-0.05, 0) is 70.8 Å². The van der Waals surface area contributed by atoms with E-state index >= 15 is 0 Å². The summed E-state index contributed by atoms with van der Waals surface area (Å²) in [5.74, 6) is -0.525. The molecule has 1 unspecified atom stereocenters. The molecule has 0 saturated carbocycles. The van der Waals surface area contributed by atoms with E-state index in [1.165, 1.54) is 4.90 Å². The molecule has 7 nitrogen and oxygen atoms in total. The summed E-state index contributed by atoms with van der Waals surface area (Å²) in [7, 11) is -3.76. The monoisotopic (exact) mass is 619 g/mol. The Balaban J connectivity index is 2.42. The Morgan fingerprint density at radius 2 is 1.71 bits per heavy atom. The molecule has 34 heavy (non-hydrogen) atoms. The number of hydrogen-bond acceptors (Lipinski definition) is 4. The summed E-state index contributed by atoms with van der Waals surface area (Å²) in [6, 6.07) is 13.2. The van der Waals surface area contributed by atoms with Gasteiger partial charge < -0.3 is 10.2 Å². The van der Waals surface area contributed by atoms with Crippen LogP contribution in [0.4, 0.5) is 5.69 Å². The largest absolute Gasteiger partial charge is 0.354 e. The molecule has 1 atom stereocenters. The minimum Gasteiger partial charge on any atom is -0.354 e. The zero-order chi connectivity index (χ0) is 25.5. The first-order valence-corrected chi connectivity index (χ1v) is 14.3. The topological polar surface area (TPSA) is 86.8 Å². The second-order valence-electron chi connectivity index (χ2n) is 8.42. The molecule has 0 heterocycles. The standard InChI is InChI=1S/C24H31ClIN3O4S/c1-5-22(24(31)27-14-17(2)3)28(15-18-8-6-7-9-21(18)25)23(30)16-29(34(4,32)33)20-12-10-19(26)11-13-20/h6-13,17,22H,5,14-16H2,1-4H3,(H,27,31). The number of nitrogens with one attached hydrogen (secondary N) is 1. The van der Waals surface area contributed by atoms with Crippen molar-refractivity contribution in [1.82, 2.24) is 10.2 Å². The van der Waals surface area contributed by atoms with Crippen molar-refractivity contribution in [3.8, 4) is 0 Å². The van der Waals surface area contributed by atoms with E-state index in [-0.39, 0.29) is 18.4 Å². The number of rotatable bonds is 11. The zero-order valence-corrected chi connectivity index (χ0v) is 23.5. The molecule has 0 spiro atoms. The molecule has 1 N–H and O–H groups in total. The fourth-order valence-corrected chi connectivity index (χ4v) is 4.78. The maximum Gasteiger partial charge on any atom is 0.244 e. The van der Waals surface area contributed by atoms with Crippen LogP contribution in [0.15, 0.2) is 48.5 Å². The summed E-state index contributed by atoms with van der Waals surface area (Å²) in [6.45, 7) is 5.91. The fourth-order valence-electron chi connectivity index (χ4n) is 3.37. The van der Waals surface area contributed by atoms with E-state index in [1.54, 1.807) is 48.5 Å². The number of carbonyl (C=O) groups excluding carboxylic acids is 2. The van der Waals surface area contributed by atoms with Crippen molar-refractivity contribution in [1.29, 1.82) is 0 Å². The fraction of sp³-hybridized carbons (Fsp3) is 0.417. The number of sulfonamides is 1. The third-order valence-corrected chi connectivity index (χ3v) is 7.39. The molecule has 0 bridgehead atoms. The number of hydrogen-bond donors (Lipinski definition) is 1. The second-order valence-corrected chi connectivity index (χ2v) is 12.0. The molecular weight excluding hydrogens is 589 g/mol. The summed E-state index contributed by atoms with van der Waals surface area (Å²) < 4.78 is 27.2. The molecular formula is C24H31ClIN3O4S. The smallest absolute Gasteiger partial charge is 0.244 e.